The number of benzene rings is 1. The number of nitrogens with two attached hydrogens (primary N) is 1. The van der Waals surface area contributed by atoms with Gasteiger partial charge < -0.3 is 10.5 Å². The average molecular weight is 232 g/mol. The van der Waals surface area contributed by atoms with Gasteiger partial charge in [0.2, 0.25) is 0 Å². The van der Waals surface area contributed by atoms with Crippen LogP contribution >= 0.6 is 0 Å². The molecule has 0 amide bonds. The van der Waals surface area contributed by atoms with Crippen molar-refractivity contribution >= 4 is 0 Å². The summed E-state index contributed by atoms with van der Waals surface area (Å²) >= 11 is 0. The molecule has 0 radical (unpaired) electrons. The second-order valence-electron chi connectivity index (χ2n) is 5.33. The van der Waals surface area contributed by atoms with Crippen LogP contribution in [0.3, 0.4) is 0 Å². The third-order valence-electron chi connectivity index (χ3n) is 4.03. The molecule has 1 saturated heterocycles. The highest BCUT2D eigenvalue weighted by molar-refractivity contribution is 5.38. The van der Waals surface area contributed by atoms with Gasteiger partial charge in [0.15, 0.2) is 0 Å². The zero-order chi connectivity index (χ0) is 11.8. The molecule has 2 aliphatic heterocycles. The average Bonchev–Trinajstić information content (AvgIpc) is 2.77. The standard InChI is InChI=1S/C14H20N2O/c1-10-6-7-16(8-10)12-9-17-13-5-3-2-4-11(13)14(12)15/h2-5,10,12,14H,6-9,15H2,1H3/t10-,12+,14+/m1/s1. The van der Waals surface area contributed by atoms with Gasteiger partial charge in [-0.15, -0.1) is 0 Å². The van der Waals surface area contributed by atoms with Crippen LogP contribution in [0.2, 0.25) is 0 Å². The summed E-state index contributed by atoms with van der Waals surface area (Å²) < 4.78 is 5.83. The third-order valence-corrected chi connectivity index (χ3v) is 4.03. The van der Waals surface area contributed by atoms with E-state index in [2.05, 4.69) is 17.9 Å². The molecule has 3 atom stereocenters. The molecule has 92 valence electrons. The third kappa shape index (κ3) is 1.94. The highest BCUT2D eigenvalue weighted by Crippen LogP contribution is 2.34. The van der Waals surface area contributed by atoms with Crippen molar-refractivity contribution in [3.63, 3.8) is 0 Å². The smallest absolute Gasteiger partial charge is 0.124 e. The molecule has 0 unspecified atom stereocenters. The maximum Gasteiger partial charge on any atom is 0.124 e. The normalized spacial score (nSPS) is 33.2. The summed E-state index contributed by atoms with van der Waals surface area (Å²) in [6.45, 7) is 5.35. The maximum absolute atomic E-state index is 6.39. The Kier molecular flexibility index (Phi) is 2.81. The van der Waals surface area contributed by atoms with E-state index >= 15 is 0 Å². The van der Waals surface area contributed by atoms with Crippen molar-refractivity contribution in [1.82, 2.24) is 4.90 Å². The van der Waals surface area contributed by atoms with Crippen LogP contribution in [0.4, 0.5) is 0 Å². The molecule has 3 heteroatoms. The maximum atomic E-state index is 6.39. The fourth-order valence-corrected chi connectivity index (χ4v) is 2.98. The summed E-state index contributed by atoms with van der Waals surface area (Å²) in [4.78, 5) is 2.49. The number of hydrogen-bond donors (Lipinski definition) is 1. The van der Waals surface area contributed by atoms with Crippen LogP contribution in [0.15, 0.2) is 24.3 Å². The minimum absolute atomic E-state index is 0.0882. The predicted molar refractivity (Wildman–Crippen MR) is 68.0 cm³/mol. The molecule has 0 aliphatic carbocycles. The zero-order valence-electron chi connectivity index (χ0n) is 10.3. The summed E-state index contributed by atoms with van der Waals surface area (Å²) in [5.41, 5.74) is 7.55. The molecule has 2 N–H and O–H groups in total. The lowest BCUT2D eigenvalue weighted by Crippen LogP contribution is -2.47. The van der Waals surface area contributed by atoms with E-state index < -0.39 is 0 Å². The molecule has 1 aromatic carbocycles. The largest absolute Gasteiger partial charge is 0.492 e. The van der Waals surface area contributed by atoms with E-state index in [4.69, 9.17) is 10.5 Å². The Balaban J connectivity index is 1.82. The molecule has 0 saturated carbocycles. The van der Waals surface area contributed by atoms with Crippen LogP contribution in [-0.4, -0.2) is 30.6 Å². The molecule has 0 bridgehead atoms. The Morgan fingerprint density at radius 3 is 2.94 bits per heavy atom. The van der Waals surface area contributed by atoms with E-state index in [-0.39, 0.29) is 6.04 Å². The van der Waals surface area contributed by atoms with Gasteiger partial charge in [0, 0.05) is 12.1 Å². The van der Waals surface area contributed by atoms with E-state index in [1.807, 2.05) is 18.2 Å². The molecular formula is C14H20N2O. The molecule has 1 aromatic rings. The Morgan fingerprint density at radius 2 is 2.18 bits per heavy atom. The Bertz CT molecular complexity index is 407. The molecule has 0 aromatic heterocycles. The van der Waals surface area contributed by atoms with Crippen LogP contribution in [0.5, 0.6) is 5.75 Å². The summed E-state index contributed by atoms with van der Waals surface area (Å²) in [6.07, 6.45) is 1.28. The van der Waals surface area contributed by atoms with E-state index in [0.29, 0.717) is 6.04 Å². The summed E-state index contributed by atoms with van der Waals surface area (Å²) in [5, 5.41) is 0. The zero-order valence-corrected chi connectivity index (χ0v) is 10.3. The van der Waals surface area contributed by atoms with Gasteiger partial charge >= 0.3 is 0 Å². The summed E-state index contributed by atoms with van der Waals surface area (Å²) in [5.74, 6) is 1.75. The highest BCUT2D eigenvalue weighted by Gasteiger charge is 2.35. The van der Waals surface area contributed by atoms with E-state index in [1.54, 1.807) is 0 Å². The first-order chi connectivity index (χ1) is 8.25. The van der Waals surface area contributed by atoms with Crippen molar-refractivity contribution in [2.75, 3.05) is 19.7 Å². The van der Waals surface area contributed by atoms with Crippen LogP contribution in [0.25, 0.3) is 0 Å². The first-order valence-corrected chi connectivity index (χ1v) is 6.47. The number of likely N-dealkylation sites (tertiary alicyclic amines) is 1. The Labute approximate surface area is 103 Å². The number of para-hydroxylation sites is 1. The fraction of sp³-hybridized carbons (Fsp3) is 0.571. The Hall–Kier alpha value is -1.06. The quantitative estimate of drug-likeness (QED) is 0.802. The van der Waals surface area contributed by atoms with Gasteiger partial charge in [-0.2, -0.15) is 0 Å². The molecule has 3 rings (SSSR count). The van der Waals surface area contributed by atoms with Gasteiger partial charge in [-0.05, 0) is 24.9 Å². The van der Waals surface area contributed by atoms with Crippen molar-refractivity contribution in [1.29, 1.82) is 0 Å². The molecule has 2 aliphatic rings. The van der Waals surface area contributed by atoms with Gasteiger partial charge in [-0.25, -0.2) is 0 Å². The number of hydrogen-bond acceptors (Lipinski definition) is 3. The lowest BCUT2D eigenvalue weighted by atomic mass is 9.96. The molecule has 0 spiro atoms. The van der Waals surface area contributed by atoms with Crippen LogP contribution in [0, 0.1) is 5.92 Å². The fourth-order valence-electron chi connectivity index (χ4n) is 2.98. The van der Waals surface area contributed by atoms with Crippen LogP contribution < -0.4 is 10.5 Å². The van der Waals surface area contributed by atoms with Gasteiger partial charge in [0.05, 0.1) is 12.1 Å². The number of nitrogens with zero attached hydrogens (tertiary/aromatic N) is 1. The second kappa shape index (κ2) is 4.31. The highest BCUT2D eigenvalue weighted by atomic mass is 16.5. The van der Waals surface area contributed by atoms with Gasteiger partial charge in [0.1, 0.15) is 12.4 Å². The SMILES string of the molecule is C[C@@H]1CCN([C@H]2COc3ccccc3[C@@H]2N)C1. The first kappa shape index (κ1) is 11.1. The predicted octanol–water partition coefficient (Wildman–Crippen LogP) is 1.79. The molecule has 2 heterocycles. The van der Waals surface area contributed by atoms with Crippen molar-refractivity contribution in [3.05, 3.63) is 29.8 Å². The second-order valence-corrected chi connectivity index (χ2v) is 5.33. The van der Waals surface area contributed by atoms with Gasteiger partial charge in [-0.1, -0.05) is 25.1 Å². The number of rotatable bonds is 1. The van der Waals surface area contributed by atoms with Crippen molar-refractivity contribution in [2.24, 2.45) is 11.7 Å². The van der Waals surface area contributed by atoms with E-state index in [9.17, 15) is 0 Å². The first-order valence-electron chi connectivity index (χ1n) is 6.47. The van der Waals surface area contributed by atoms with Crippen LogP contribution in [-0.2, 0) is 0 Å². The molecule has 1 fully saturated rings. The number of ether oxygens (including phenoxy) is 1. The molecular weight excluding hydrogens is 212 g/mol. The monoisotopic (exact) mass is 232 g/mol. The topological polar surface area (TPSA) is 38.5 Å². The minimum Gasteiger partial charge on any atom is -0.492 e. The number of fused-ring (bicyclic) bond motifs is 1. The Morgan fingerprint density at radius 1 is 1.35 bits per heavy atom. The van der Waals surface area contributed by atoms with Crippen molar-refractivity contribution in [3.8, 4) is 5.75 Å². The van der Waals surface area contributed by atoms with E-state index in [1.165, 1.54) is 6.42 Å². The molecule has 17 heavy (non-hydrogen) atoms. The van der Waals surface area contributed by atoms with E-state index in [0.717, 1.165) is 36.9 Å². The summed E-state index contributed by atoms with van der Waals surface area (Å²) in [6, 6.07) is 8.57. The van der Waals surface area contributed by atoms with Gasteiger partial charge in [-0.3, -0.25) is 4.90 Å². The summed E-state index contributed by atoms with van der Waals surface area (Å²) in [7, 11) is 0. The van der Waals surface area contributed by atoms with Crippen molar-refractivity contribution in [2.45, 2.75) is 25.4 Å². The van der Waals surface area contributed by atoms with Crippen LogP contribution in [0.1, 0.15) is 24.9 Å². The lowest BCUT2D eigenvalue weighted by Gasteiger charge is -2.37. The lowest BCUT2D eigenvalue weighted by molar-refractivity contribution is 0.116. The van der Waals surface area contributed by atoms with Gasteiger partial charge in [0.25, 0.3) is 0 Å². The van der Waals surface area contributed by atoms with Crippen molar-refractivity contribution < 1.29 is 4.74 Å². The minimum atomic E-state index is 0.0882. The molecule has 3 nitrogen and oxygen atoms in total.